The molecular formula is C29H24F3N7O4. The van der Waals surface area contributed by atoms with Crippen molar-refractivity contribution in [1.29, 1.82) is 5.26 Å². The number of anilines is 1. The Balaban J connectivity index is 1.18. The molecule has 14 heteroatoms. The molecule has 2 aromatic carbocycles. The zero-order valence-electron chi connectivity index (χ0n) is 22.6. The molecule has 0 saturated carbocycles. The standard InChI is InChI=1S/C29H24F3N7O4/c30-21-9-17(12-33)1-2-19(21)15-43-28-23(32)11-22(31)27(36-28)37-6-7-38(34-16-37)14-26-35-24-4-3-18(29(40)41)10-25(24)39(26)13-20-5-8-42-20/h1-4,9-11,16,20H,5-8,13-15H2,(H,40,41). The van der Waals surface area contributed by atoms with Crippen LogP contribution in [0.1, 0.15) is 33.7 Å². The highest BCUT2D eigenvalue weighted by Gasteiger charge is 2.25. The summed E-state index contributed by atoms with van der Waals surface area (Å²) in [6.07, 6.45) is 2.25. The van der Waals surface area contributed by atoms with Gasteiger partial charge < -0.3 is 24.0 Å². The van der Waals surface area contributed by atoms with E-state index in [1.165, 1.54) is 29.4 Å². The van der Waals surface area contributed by atoms with Crippen LogP contribution in [-0.4, -0.2) is 62.8 Å². The van der Waals surface area contributed by atoms with E-state index < -0.39 is 29.3 Å². The van der Waals surface area contributed by atoms with Gasteiger partial charge in [-0.2, -0.15) is 15.3 Å². The summed E-state index contributed by atoms with van der Waals surface area (Å²) in [5, 5.41) is 24.5. The Hall–Kier alpha value is -5.16. The van der Waals surface area contributed by atoms with Crippen molar-refractivity contribution in [1.82, 2.24) is 19.5 Å². The highest BCUT2D eigenvalue weighted by Crippen LogP contribution is 2.27. The van der Waals surface area contributed by atoms with Crippen LogP contribution in [-0.2, 0) is 24.4 Å². The molecule has 6 rings (SSSR count). The second kappa shape index (κ2) is 11.6. The van der Waals surface area contributed by atoms with Gasteiger partial charge >= 0.3 is 5.97 Å². The third kappa shape index (κ3) is 5.80. The van der Waals surface area contributed by atoms with Crippen LogP contribution < -0.4 is 9.64 Å². The van der Waals surface area contributed by atoms with Crippen LogP contribution in [0.3, 0.4) is 0 Å². The number of nitrogens with zero attached hydrogens (tertiary/aromatic N) is 7. The molecule has 4 heterocycles. The van der Waals surface area contributed by atoms with Gasteiger partial charge in [-0.1, -0.05) is 6.07 Å². The third-order valence-electron chi connectivity index (χ3n) is 7.23. The van der Waals surface area contributed by atoms with Crippen LogP contribution in [0.4, 0.5) is 19.0 Å². The Kier molecular flexibility index (Phi) is 7.56. The fourth-order valence-corrected chi connectivity index (χ4v) is 4.80. The summed E-state index contributed by atoms with van der Waals surface area (Å²) < 4.78 is 56.3. The number of fused-ring (bicyclic) bond motifs is 1. The molecular weight excluding hydrogens is 567 g/mol. The van der Waals surface area contributed by atoms with E-state index in [2.05, 4.69) is 10.1 Å². The van der Waals surface area contributed by atoms with Gasteiger partial charge in [0.25, 0.3) is 5.88 Å². The maximum atomic E-state index is 14.8. The van der Waals surface area contributed by atoms with Gasteiger partial charge in [0.05, 0.1) is 54.0 Å². The molecule has 0 radical (unpaired) electrons. The van der Waals surface area contributed by atoms with Gasteiger partial charge in [0, 0.05) is 24.8 Å². The fourth-order valence-electron chi connectivity index (χ4n) is 4.80. The predicted octanol–water partition coefficient (Wildman–Crippen LogP) is 4.05. The molecule has 0 aliphatic carbocycles. The topological polar surface area (TPSA) is 129 Å². The number of carbonyl (C=O) groups is 1. The van der Waals surface area contributed by atoms with Crippen molar-refractivity contribution in [2.75, 3.05) is 24.6 Å². The van der Waals surface area contributed by atoms with Crippen molar-refractivity contribution < 1.29 is 32.5 Å². The van der Waals surface area contributed by atoms with E-state index in [9.17, 15) is 23.1 Å². The van der Waals surface area contributed by atoms with E-state index in [0.717, 1.165) is 12.5 Å². The molecule has 2 aromatic heterocycles. The Morgan fingerprint density at radius 1 is 1.09 bits per heavy atom. The van der Waals surface area contributed by atoms with Crippen LogP contribution in [0.2, 0.25) is 0 Å². The molecule has 220 valence electrons. The van der Waals surface area contributed by atoms with Gasteiger partial charge in [-0.3, -0.25) is 5.01 Å². The molecule has 2 aliphatic heterocycles. The average molecular weight is 592 g/mol. The lowest BCUT2D eigenvalue weighted by atomic mass is 10.1. The molecule has 11 nitrogen and oxygen atoms in total. The van der Waals surface area contributed by atoms with Crippen LogP contribution >= 0.6 is 0 Å². The first-order chi connectivity index (χ1) is 20.8. The molecule has 1 fully saturated rings. The van der Waals surface area contributed by atoms with Gasteiger partial charge in [0.1, 0.15) is 24.6 Å². The highest BCUT2D eigenvalue weighted by molar-refractivity contribution is 5.92. The van der Waals surface area contributed by atoms with Crippen LogP contribution in [0.15, 0.2) is 47.6 Å². The molecule has 2 aliphatic rings. The molecule has 1 N–H and O–H groups in total. The number of carboxylic acids is 1. The molecule has 4 aromatic rings. The quantitative estimate of drug-likeness (QED) is 0.307. The van der Waals surface area contributed by atoms with E-state index in [1.807, 2.05) is 10.6 Å². The van der Waals surface area contributed by atoms with Crippen molar-refractivity contribution in [3.8, 4) is 11.9 Å². The SMILES string of the molecule is N#Cc1ccc(COc2nc(N3C=NN(Cc4nc5ccc(C(=O)O)cc5n4CC4CCO4)CC3)c(F)cc2F)c(F)c1. The molecule has 1 atom stereocenters. The minimum Gasteiger partial charge on any atom is -0.478 e. The number of nitriles is 1. The van der Waals surface area contributed by atoms with Gasteiger partial charge in [-0.15, -0.1) is 0 Å². The molecule has 0 bridgehead atoms. The monoisotopic (exact) mass is 591 g/mol. The van der Waals surface area contributed by atoms with Crippen LogP contribution in [0, 0.1) is 28.8 Å². The van der Waals surface area contributed by atoms with Gasteiger partial charge in [-0.25, -0.2) is 22.9 Å². The summed E-state index contributed by atoms with van der Waals surface area (Å²) in [6.45, 7) is 1.68. The number of ether oxygens (including phenoxy) is 2. The number of pyridine rings is 1. The van der Waals surface area contributed by atoms with Crippen molar-refractivity contribution in [3.05, 3.63) is 82.4 Å². The number of hydrazone groups is 1. The first kappa shape index (κ1) is 28.0. The summed E-state index contributed by atoms with van der Waals surface area (Å²) in [7, 11) is 0. The van der Waals surface area contributed by atoms with Crippen molar-refractivity contribution in [2.24, 2.45) is 5.10 Å². The molecule has 1 unspecified atom stereocenters. The fraction of sp³-hybridized carbons (Fsp3) is 0.276. The molecule has 43 heavy (non-hydrogen) atoms. The minimum absolute atomic E-state index is 0.00216. The number of halogens is 3. The number of benzene rings is 2. The first-order valence-corrected chi connectivity index (χ1v) is 13.4. The Morgan fingerprint density at radius 2 is 1.93 bits per heavy atom. The maximum Gasteiger partial charge on any atom is 0.335 e. The van der Waals surface area contributed by atoms with Crippen LogP contribution in [0.25, 0.3) is 11.0 Å². The van der Waals surface area contributed by atoms with Gasteiger partial charge in [0.15, 0.2) is 17.5 Å². The van der Waals surface area contributed by atoms with E-state index in [-0.39, 0.29) is 48.3 Å². The summed E-state index contributed by atoms with van der Waals surface area (Å²) in [4.78, 5) is 21.6. The summed E-state index contributed by atoms with van der Waals surface area (Å²) in [5.41, 5.74) is 1.69. The number of imidazole rings is 1. The summed E-state index contributed by atoms with van der Waals surface area (Å²) in [5.74, 6) is -3.76. The van der Waals surface area contributed by atoms with Crippen molar-refractivity contribution in [3.63, 3.8) is 0 Å². The van der Waals surface area contributed by atoms with Gasteiger partial charge in [0.2, 0.25) is 0 Å². The number of carboxylic acid groups (broad SMARTS) is 1. The largest absolute Gasteiger partial charge is 0.478 e. The Morgan fingerprint density at radius 3 is 2.60 bits per heavy atom. The Labute approximate surface area is 243 Å². The average Bonchev–Trinajstić information content (AvgIpc) is 3.31. The lowest BCUT2D eigenvalue weighted by Gasteiger charge is -2.30. The van der Waals surface area contributed by atoms with Crippen molar-refractivity contribution >= 4 is 29.2 Å². The minimum atomic E-state index is -1.05. The number of aromatic nitrogens is 3. The number of rotatable bonds is 9. The number of aromatic carboxylic acids is 1. The number of hydrogen-bond acceptors (Lipinski definition) is 9. The molecule has 0 amide bonds. The zero-order chi connectivity index (χ0) is 30.1. The van der Waals surface area contributed by atoms with Crippen LogP contribution in [0.5, 0.6) is 5.88 Å². The highest BCUT2D eigenvalue weighted by atomic mass is 19.1. The number of hydrogen-bond donors (Lipinski definition) is 1. The van der Waals surface area contributed by atoms with E-state index in [0.29, 0.717) is 42.6 Å². The lowest BCUT2D eigenvalue weighted by Crippen LogP contribution is -2.39. The lowest BCUT2D eigenvalue weighted by molar-refractivity contribution is -0.0592. The summed E-state index contributed by atoms with van der Waals surface area (Å²) in [6, 6.07) is 11.0. The summed E-state index contributed by atoms with van der Waals surface area (Å²) >= 11 is 0. The smallest absolute Gasteiger partial charge is 0.335 e. The predicted molar refractivity (Wildman–Crippen MR) is 147 cm³/mol. The maximum absolute atomic E-state index is 14.8. The zero-order valence-corrected chi connectivity index (χ0v) is 22.6. The normalized spacial score (nSPS) is 16.3. The van der Waals surface area contributed by atoms with E-state index in [4.69, 9.17) is 19.7 Å². The van der Waals surface area contributed by atoms with Gasteiger partial charge in [-0.05, 0) is 36.8 Å². The van der Waals surface area contributed by atoms with E-state index >= 15 is 0 Å². The molecule has 1 saturated heterocycles. The first-order valence-electron chi connectivity index (χ1n) is 13.4. The Bertz CT molecular complexity index is 1780. The second-order valence-electron chi connectivity index (χ2n) is 10.0. The van der Waals surface area contributed by atoms with Crippen molar-refractivity contribution in [2.45, 2.75) is 32.2 Å². The second-order valence-corrected chi connectivity index (χ2v) is 10.0. The molecule has 0 spiro atoms. The third-order valence-corrected chi connectivity index (χ3v) is 7.23. The van der Waals surface area contributed by atoms with E-state index in [1.54, 1.807) is 17.1 Å².